The molecule has 4 aromatic rings. The number of nitrogens with two attached hydrogens (primary N) is 1. The highest BCUT2D eigenvalue weighted by Crippen LogP contribution is 2.33. The minimum absolute atomic E-state index is 0.557. The zero-order valence-corrected chi connectivity index (χ0v) is 19.7. The molecule has 4 rings (SSSR count). The second kappa shape index (κ2) is 10.3. The van der Waals surface area contributed by atoms with Crippen molar-refractivity contribution in [2.75, 3.05) is 19.0 Å². The van der Waals surface area contributed by atoms with Crippen LogP contribution in [0.1, 0.15) is 11.4 Å². The van der Waals surface area contributed by atoms with Gasteiger partial charge in [0.2, 0.25) is 0 Å². The van der Waals surface area contributed by atoms with Gasteiger partial charge in [-0.1, -0.05) is 18.2 Å². The highest BCUT2D eigenvalue weighted by Gasteiger charge is 2.11. The molecular formula is C26H26F2N6O. The zero-order valence-electron chi connectivity index (χ0n) is 19.7. The minimum Gasteiger partial charge on any atom is -0.495 e. The Morgan fingerprint density at radius 1 is 1.14 bits per heavy atom. The van der Waals surface area contributed by atoms with Crippen LogP contribution in [-0.2, 0) is 7.05 Å². The van der Waals surface area contributed by atoms with E-state index in [2.05, 4.69) is 20.3 Å². The number of benzene rings is 2. The van der Waals surface area contributed by atoms with Crippen molar-refractivity contribution in [1.29, 1.82) is 0 Å². The summed E-state index contributed by atoms with van der Waals surface area (Å²) in [6.07, 6.45) is 3.82. The summed E-state index contributed by atoms with van der Waals surface area (Å²) in [5, 5.41) is 5.15. The van der Waals surface area contributed by atoms with Crippen molar-refractivity contribution in [3.8, 4) is 17.0 Å². The SMILES string of the molecule is COc1cc(-c2cnc(C)n2C)ccc1Nc1cc2cc(C(C=NCC(F)F)=CN)ccc2cn1. The Hall–Kier alpha value is -4.27. The molecular weight excluding hydrogens is 450 g/mol. The van der Waals surface area contributed by atoms with Crippen molar-refractivity contribution in [3.63, 3.8) is 0 Å². The molecule has 0 saturated carbocycles. The molecule has 0 radical (unpaired) electrons. The first-order chi connectivity index (χ1) is 16.9. The van der Waals surface area contributed by atoms with Gasteiger partial charge in [-0.15, -0.1) is 0 Å². The van der Waals surface area contributed by atoms with Crippen molar-refractivity contribution in [2.45, 2.75) is 13.3 Å². The number of alkyl halides is 2. The topological polar surface area (TPSA) is 90.3 Å². The average molecular weight is 477 g/mol. The number of ether oxygens (including phenoxy) is 1. The number of nitrogens with one attached hydrogen (secondary N) is 1. The third-order valence-corrected chi connectivity index (χ3v) is 5.69. The van der Waals surface area contributed by atoms with E-state index in [0.717, 1.165) is 39.1 Å². The standard InChI is InChI=1S/C26H26F2N6O/c1-16-31-14-23(34(16)2)18-6-7-22(24(9-18)35-3)33-26-10-20-8-17(4-5-19(20)13-32-26)21(11-29)12-30-15-25(27)28/h4-14,25H,15,29H2,1-3H3,(H,32,33). The van der Waals surface area contributed by atoms with Gasteiger partial charge in [0, 0.05) is 42.2 Å². The summed E-state index contributed by atoms with van der Waals surface area (Å²) in [6, 6.07) is 13.5. The van der Waals surface area contributed by atoms with E-state index in [1.54, 1.807) is 13.3 Å². The van der Waals surface area contributed by atoms with E-state index in [1.165, 1.54) is 12.4 Å². The predicted octanol–water partition coefficient (Wildman–Crippen LogP) is 5.33. The molecule has 0 saturated heterocycles. The quantitative estimate of drug-likeness (QED) is 0.336. The van der Waals surface area contributed by atoms with Gasteiger partial charge < -0.3 is 20.4 Å². The number of methoxy groups -OCH3 is 1. The maximum atomic E-state index is 12.4. The number of nitrogens with zero attached hydrogens (tertiary/aromatic N) is 4. The first kappa shape index (κ1) is 23.9. The van der Waals surface area contributed by atoms with Crippen molar-refractivity contribution in [2.24, 2.45) is 17.8 Å². The number of aryl methyl sites for hydroxylation is 1. The van der Waals surface area contributed by atoms with Crippen LogP contribution in [0.25, 0.3) is 27.6 Å². The van der Waals surface area contributed by atoms with Crippen LogP contribution in [0, 0.1) is 6.92 Å². The first-order valence-electron chi connectivity index (χ1n) is 10.9. The molecule has 0 atom stereocenters. The lowest BCUT2D eigenvalue weighted by atomic mass is 10.0. The summed E-state index contributed by atoms with van der Waals surface area (Å²) in [5.41, 5.74) is 9.78. The molecule has 0 bridgehead atoms. The van der Waals surface area contributed by atoms with Gasteiger partial charge in [0.15, 0.2) is 0 Å². The molecule has 180 valence electrons. The number of anilines is 2. The number of fused-ring (bicyclic) bond motifs is 1. The number of hydrogen-bond acceptors (Lipinski definition) is 6. The Morgan fingerprint density at radius 2 is 1.97 bits per heavy atom. The molecule has 0 unspecified atom stereocenters. The Morgan fingerprint density at radius 3 is 2.66 bits per heavy atom. The molecule has 0 aliphatic heterocycles. The van der Waals surface area contributed by atoms with E-state index in [0.29, 0.717) is 17.1 Å². The third-order valence-electron chi connectivity index (χ3n) is 5.69. The fourth-order valence-electron chi connectivity index (χ4n) is 3.70. The lowest BCUT2D eigenvalue weighted by molar-refractivity contribution is 0.159. The summed E-state index contributed by atoms with van der Waals surface area (Å²) in [7, 11) is 3.59. The van der Waals surface area contributed by atoms with Crippen LogP contribution in [-0.4, -0.2) is 40.8 Å². The average Bonchev–Trinajstić information content (AvgIpc) is 3.19. The third kappa shape index (κ3) is 5.29. The van der Waals surface area contributed by atoms with Gasteiger partial charge in [-0.3, -0.25) is 4.99 Å². The smallest absolute Gasteiger partial charge is 0.257 e. The van der Waals surface area contributed by atoms with E-state index in [9.17, 15) is 8.78 Å². The van der Waals surface area contributed by atoms with E-state index in [1.807, 2.05) is 67.2 Å². The molecule has 2 heterocycles. The zero-order chi connectivity index (χ0) is 24.9. The van der Waals surface area contributed by atoms with Gasteiger partial charge in [-0.2, -0.15) is 0 Å². The van der Waals surface area contributed by atoms with Crippen LogP contribution in [0.2, 0.25) is 0 Å². The van der Waals surface area contributed by atoms with E-state index >= 15 is 0 Å². The molecule has 2 aromatic carbocycles. The maximum absolute atomic E-state index is 12.4. The summed E-state index contributed by atoms with van der Waals surface area (Å²) in [6.45, 7) is 1.39. The van der Waals surface area contributed by atoms with Crippen LogP contribution in [0.15, 0.2) is 66.1 Å². The minimum atomic E-state index is -2.50. The van der Waals surface area contributed by atoms with Crippen LogP contribution >= 0.6 is 0 Å². The largest absolute Gasteiger partial charge is 0.495 e. The maximum Gasteiger partial charge on any atom is 0.257 e. The van der Waals surface area contributed by atoms with Crippen molar-refractivity contribution in [1.82, 2.24) is 14.5 Å². The molecule has 9 heteroatoms. The van der Waals surface area contributed by atoms with Crippen LogP contribution in [0.4, 0.5) is 20.3 Å². The van der Waals surface area contributed by atoms with Crippen molar-refractivity contribution < 1.29 is 13.5 Å². The Kier molecular flexibility index (Phi) is 7.05. The van der Waals surface area contributed by atoms with Gasteiger partial charge in [-0.25, -0.2) is 18.7 Å². The Bertz CT molecular complexity index is 1410. The summed E-state index contributed by atoms with van der Waals surface area (Å²) < 4.78 is 32.5. The van der Waals surface area contributed by atoms with Gasteiger partial charge in [0.25, 0.3) is 6.43 Å². The van der Waals surface area contributed by atoms with Gasteiger partial charge >= 0.3 is 0 Å². The van der Waals surface area contributed by atoms with Gasteiger partial charge in [0.1, 0.15) is 17.4 Å². The summed E-state index contributed by atoms with van der Waals surface area (Å²) in [5.74, 6) is 2.22. The lowest BCUT2D eigenvalue weighted by Crippen LogP contribution is -1.99. The molecule has 0 aliphatic carbocycles. The van der Waals surface area contributed by atoms with Crippen molar-refractivity contribution in [3.05, 3.63) is 72.4 Å². The fraction of sp³-hybridized carbons (Fsp3) is 0.192. The Labute approximate surface area is 202 Å². The number of imidazole rings is 1. The lowest BCUT2D eigenvalue weighted by Gasteiger charge is -2.13. The number of allylic oxidation sites excluding steroid dienone is 1. The highest BCUT2D eigenvalue weighted by atomic mass is 19.3. The molecule has 3 N–H and O–H groups in total. The number of rotatable bonds is 8. The van der Waals surface area contributed by atoms with E-state index in [-0.39, 0.29) is 0 Å². The van der Waals surface area contributed by atoms with E-state index in [4.69, 9.17) is 10.5 Å². The molecule has 35 heavy (non-hydrogen) atoms. The second-order valence-electron chi connectivity index (χ2n) is 7.93. The number of halogens is 2. The monoisotopic (exact) mass is 476 g/mol. The summed E-state index contributed by atoms with van der Waals surface area (Å²) in [4.78, 5) is 12.6. The molecule has 7 nitrogen and oxygen atoms in total. The highest BCUT2D eigenvalue weighted by molar-refractivity contribution is 6.10. The summed E-state index contributed by atoms with van der Waals surface area (Å²) >= 11 is 0. The molecule has 0 fully saturated rings. The second-order valence-corrected chi connectivity index (χ2v) is 7.93. The Balaban J connectivity index is 1.61. The van der Waals surface area contributed by atoms with Gasteiger partial charge in [-0.05, 0) is 42.1 Å². The first-order valence-corrected chi connectivity index (χ1v) is 10.9. The predicted molar refractivity (Wildman–Crippen MR) is 136 cm³/mol. The normalized spacial score (nSPS) is 12.1. The molecule has 0 spiro atoms. The molecule has 0 aliphatic rings. The van der Waals surface area contributed by atoms with Crippen molar-refractivity contribution >= 4 is 34.1 Å². The molecule has 0 amide bonds. The molecule has 2 aromatic heterocycles. The number of hydrogen-bond donors (Lipinski definition) is 2. The fourth-order valence-corrected chi connectivity index (χ4v) is 3.70. The van der Waals surface area contributed by atoms with E-state index < -0.39 is 13.0 Å². The number of aromatic nitrogens is 3. The van der Waals surface area contributed by atoms with Crippen LogP contribution in [0.3, 0.4) is 0 Å². The number of aliphatic imine (C=N–C) groups is 1. The van der Waals surface area contributed by atoms with Crippen LogP contribution in [0.5, 0.6) is 5.75 Å². The number of pyridine rings is 1. The van der Waals surface area contributed by atoms with Crippen LogP contribution < -0.4 is 15.8 Å². The van der Waals surface area contributed by atoms with Gasteiger partial charge in [0.05, 0.1) is 31.2 Å².